The van der Waals surface area contributed by atoms with E-state index in [9.17, 15) is 14.0 Å². The predicted molar refractivity (Wildman–Crippen MR) is 151 cm³/mol. The third-order valence-corrected chi connectivity index (χ3v) is 8.10. The number of morpholine rings is 1. The molecule has 2 aromatic carbocycles. The van der Waals surface area contributed by atoms with E-state index in [1.54, 1.807) is 30.3 Å². The Balaban J connectivity index is 1.33. The van der Waals surface area contributed by atoms with Gasteiger partial charge in [0.05, 0.1) is 19.8 Å². The average molecular weight is 578 g/mol. The van der Waals surface area contributed by atoms with Gasteiger partial charge in [0.15, 0.2) is 17.3 Å². The number of ether oxygens (including phenoxy) is 3. The number of rotatable bonds is 9. The Morgan fingerprint density at radius 3 is 2.50 bits per heavy atom. The van der Waals surface area contributed by atoms with Crippen LogP contribution in [0, 0.1) is 5.82 Å². The highest BCUT2D eigenvalue weighted by molar-refractivity contribution is 5.96. The van der Waals surface area contributed by atoms with Gasteiger partial charge in [-0.25, -0.2) is 4.39 Å². The first-order valence-corrected chi connectivity index (χ1v) is 14.7. The minimum Gasteiger partial charge on any atom is -0.455 e. The first kappa shape index (κ1) is 28.2. The van der Waals surface area contributed by atoms with Crippen molar-refractivity contribution in [3.05, 3.63) is 83.1 Å². The van der Waals surface area contributed by atoms with Crippen molar-refractivity contribution in [3.8, 4) is 11.5 Å². The Morgan fingerprint density at radius 2 is 1.71 bits per heavy atom. The van der Waals surface area contributed by atoms with Crippen molar-refractivity contribution in [2.45, 2.75) is 57.3 Å². The zero-order valence-electron chi connectivity index (χ0n) is 23.6. The normalized spacial score (nSPS) is 18.0. The highest BCUT2D eigenvalue weighted by Gasteiger charge is 2.35. The molecule has 0 spiro atoms. The molecule has 1 atom stereocenters. The Hall–Kier alpha value is -3.89. The van der Waals surface area contributed by atoms with E-state index in [1.165, 1.54) is 17.0 Å². The number of hydrogen-bond acceptors (Lipinski definition) is 7. The molecule has 3 aliphatic rings. The lowest BCUT2D eigenvalue weighted by Gasteiger charge is -2.33. The molecule has 2 amide bonds. The van der Waals surface area contributed by atoms with Crippen LogP contribution >= 0.6 is 0 Å². The fraction of sp³-hybridized carbons (Fsp3) is 0.438. The molecule has 1 aromatic heterocycles. The van der Waals surface area contributed by atoms with Crippen molar-refractivity contribution in [2.75, 3.05) is 33.1 Å². The van der Waals surface area contributed by atoms with Crippen molar-refractivity contribution < 1.29 is 32.6 Å². The second kappa shape index (κ2) is 13.0. The minimum atomic E-state index is -1.02. The largest absolute Gasteiger partial charge is 0.455 e. The number of fused-ring (bicyclic) bond motifs is 1. The Bertz CT molecular complexity index is 1380. The number of hydrogen-bond donors (Lipinski definition) is 1. The number of nitrogens with one attached hydrogen (secondary N) is 1. The van der Waals surface area contributed by atoms with Crippen LogP contribution in [0.5, 0.6) is 11.5 Å². The number of furan rings is 1. The second-order valence-corrected chi connectivity index (χ2v) is 11.1. The smallest absolute Gasteiger partial charge is 0.290 e. The number of nitrogens with zero attached hydrogens (tertiary/aromatic N) is 2. The second-order valence-electron chi connectivity index (χ2n) is 11.1. The van der Waals surface area contributed by atoms with E-state index < -0.39 is 17.8 Å². The monoisotopic (exact) mass is 577 g/mol. The molecule has 222 valence electrons. The minimum absolute atomic E-state index is 0.0282. The van der Waals surface area contributed by atoms with Gasteiger partial charge in [-0.15, -0.1) is 0 Å². The number of halogens is 1. The van der Waals surface area contributed by atoms with E-state index in [4.69, 9.17) is 18.6 Å². The summed E-state index contributed by atoms with van der Waals surface area (Å²) in [5.74, 6) is 0.843. The van der Waals surface area contributed by atoms with Crippen molar-refractivity contribution in [1.29, 1.82) is 0 Å². The summed E-state index contributed by atoms with van der Waals surface area (Å²) in [5, 5.41) is 3.19. The number of benzene rings is 2. The van der Waals surface area contributed by atoms with Crippen molar-refractivity contribution in [1.82, 2.24) is 15.1 Å². The Kier molecular flexibility index (Phi) is 8.71. The molecule has 42 heavy (non-hydrogen) atoms. The van der Waals surface area contributed by atoms with Crippen LogP contribution < -0.4 is 14.8 Å². The molecule has 0 radical (unpaired) electrons. The maximum atomic E-state index is 14.3. The maximum absolute atomic E-state index is 14.3. The molecule has 0 unspecified atom stereocenters. The standard InChI is InChI=1S/C32H36FN3O6/c33-24-9-7-23(8-10-24)30(31(37)34-25-4-2-1-3-5-25)36(19-22-6-12-27-29(18-22)41-21-40-27)32(38)28-13-11-26(42-28)20-35-14-16-39-17-15-35/h6-13,18,25,30H,1-5,14-17,19-21H2,(H,34,37)/t30-/m0/s1. The molecule has 0 bridgehead atoms. The molecule has 10 heteroatoms. The van der Waals surface area contributed by atoms with Gasteiger partial charge < -0.3 is 28.8 Å². The summed E-state index contributed by atoms with van der Waals surface area (Å²) < 4.78 is 36.5. The van der Waals surface area contributed by atoms with Crippen LogP contribution in [0.3, 0.4) is 0 Å². The van der Waals surface area contributed by atoms with Crippen LogP contribution in [-0.2, 0) is 22.6 Å². The van der Waals surface area contributed by atoms with Gasteiger partial charge >= 0.3 is 0 Å². The number of amides is 2. The fourth-order valence-electron chi connectivity index (χ4n) is 5.86. The molecule has 1 aliphatic carbocycles. The Labute approximate surface area is 244 Å². The van der Waals surface area contributed by atoms with E-state index in [0.29, 0.717) is 42.6 Å². The van der Waals surface area contributed by atoms with Crippen molar-refractivity contribution >= 4 is 11.8 Å². The van der Waals surface area contributed by atoms with Gasteiger partial charge in [-0.05, 0) is 60.4 Å². The van der Waals surface area contributed by atoms with Crippen molar-refractivity contribution in [2.24, 2.45) is 0 Å². The van der Waals surface area contributed by atoms with Gasteiger partial charge in [0.1, 0.15) is 17.6 Å². The van der Waals surface area contributed by atoms with Gasteiger partial charge in [0.2, 0.25) is 12.7 Å². The molecule has 1 N–H and O–H groups in total. The third-order valence-electron chi connectivity index (χ3n) is 8.10. The topological polar surface area (TPSA) is 93.5 Å². The van der Waals surface area contributed by atoms with Crippen LogP contribution in [0.25, 0.3) is 0 Å². The lowest BCUT2D eigenvalue weighted by atomic mass is 9.94. The van der Waals surface area contributed by atoms with Gasteiger partial charge in [-0.2, -0.15) is 0 Å². The molecule has 3 aromatic rings. The summed E-state index contributed by atoms with van der Waals surface area (Å²) in [5.41, 5.74) is 1.27. The first-order valence-electron chi connectivity index (χ1n) is 14.7. The molecule has 6 rings (SSSR count). The SMILES string of the molecule is O=C(NC1CCCCC1)[C@H](c1ccc(F)cc1)N(Cc1ccc2c(c1)OCO2)C(=O)c1ccc(CN2CCOCC2)o1. The first-order chi connectivity index (χ1) is 20.5. The number of carbonyl (C=O) groups excluding carboxylic acids is 2. The molecule has 3 heterocycles. The quantitative estimate of drug-likeness (QED) is 0.390. The summed E-state index contributed by atoms with van der Waals surface area (Å²) in [7, 11) is 0. The average Bonchev–Trinajstić information content (AvgIpc) is 3.68. The maximum Gasteiger partial charge on any atom is 0.290 e. The van der Waals surface area contributed by atoms with Crippen LogP contribution in [0.1, 0.15) is 65.6 Å². The van der Waals surface area contributed by atoms with Gasteiger partial charge in [0, 0.05) is 25.7 Å². The Morgan fingerprint density at radius 1 is 0.952 bits per heavy atom. The van der Waals surface area contributed by atoms with E-state index in [-0.39, 0.29) is 31.0 Å². The summed E-state index contributed by atoms with van der Waals surface area (Å²) in [6, 6.07) is 13.7. The highest BCUT2D eigenvalue weighted by atomic mass is 19.1. The van der Waals surface area contributed by atoms with E-state index in [0.717, 1.165) is 50.8 Å². The predicted octanol–water partition coefficient (Wildman–Crippen LogP) is 4.81. The highest BCUT2D eigenvalue weighted by Crippen LogP contribution is 2.34. The lowest BCUT2D eigenvalue weighted by Crippen LogP contribution is -2.46. The zero-order valence-corrected chi connectivity index (χ0v) is 23.6. The molecular weight excluding hydrogens is 541 g/mol. The van der Waals surface area contributed by atoms with Crippen LogP contribution in [0.15, 0.2) is 59.0 Å². The number of carbonyl (C=O) groups is 2. The van der Waals surface area contributed by atoms with Gasteiger partial charge in [0.25, 0.3) is 5.91 Å². The van der Waals surface area contributed by atoms with Gasteiger partial charge in [-0.1, -0.05) is 37.5 Å². The summed E-state index contributed by atoms with van der Waals surface area (Å²) in [6.45, 7) is 3.66. The third kappa shape index (κ3) is 6.60. The molecular formula is C32H36FN3O6. The molecule has 1 saturated heterocycles. The molecule has 9 nitrogen and oxygen atoms in total. The summed E-state index contributed by atoms with van der Waals surface area (Å²) in [4.78, 5) is 32.0. The molecule has 2 fully saturated rings. The van der Waals surface area contributed by atoms with E-state index >= 15 is 0 Å². The van der Waals surface area contributed by atoms with Crippen LogP contribution in [-0.4, -0.2) is 60.8 Å². The van der Waals surface area contributed by atoms with Gasteiger partial charge in [-0.3, -0.25) is 14.5 Å². The summed E-state index contributed by atoms with van der Waals surface area (Å²) >= 11 is 0. The fourth-order valence-corrected chi connectivity index (χ4v) is 5.86. The lowest BCUT2D eigenvalue weighted by molar-refractivity contribution is -0.127. The van der Waals surface area contributed by atoms with Crippen molar-refractivity contribution in [3.63, 3.8) is 0 Å². The summed E-state index contributed by atoms with van der Waals surface area (Å²) in [6.07, 6.45) is 5.02. The van der Waals surface area contributed by atoms with Crippen LogP contribution in [0.2, 0.25) is 0 Å². The molecule has 1 saturated carbocycles. The van der Waals surface area contributed by atoms with E-state index in [1.807, 2.05) is 12.1 Å². The molecule has 2 aliphatic heterocycles. The van der Waals surface area contributed by atoms with E-state index in [2.05, 4.69) is 10.2 Å². The van der Waals surface area contributed by atoms with Crippen LogP contribution in [0.4, 0.5) is 4.39 Å². The zero-order chi connectivity index (χ0) is 28.9.